The first-order chi connectivity index (χ1) is 9.28. The molecule has 0 spiro atoms. The van der Waals surface area contributed by atoms with E-state index in [-0.39, 0.29) is 0 Å². The summed E-state index contributed by atoms with van der Waals surface area (Å²) in [6, 6.07) is 5.94. The van der Waals surface area contributed by atoms with Gasteiger partial charge in [-0.1, -0.05) is 0 Å². The third-order valence-electron chi connectivity index (χ3n) is 3.67. The highest BCUT2D eigenvalue weighted by Gasteiger charge is 2.31. The lowest BCUT2D eigenvalue weighted by molar-refractivity contribution is 0.171. The molecule has 4 nitrogen and oxygen atoms in total. The van der Waals surface area contributed by atoms with Gasteiger partial charge in [-0.15, -0.1) is 0 Å². The van der Waals surface area contributed by atoms with Crippen molar-refractivity contribution in [3.05, 3.63) is 18.2 Å². The van der Waals surface area contributed by atoms with Gasteiger partial charge in [-0.3, -0.25) is 4.21 Å². The van der Waals surface area contributed by atoms with E-state index in [1.807, 2.05) is 25.2 Å². The molecular formula is C14H19NO3S. The first-order valence-electron chi connectivity index (χ1n) is 6.73. The third-order valence-corrected chi connectivity index (χ3v) is 5.11. The van der Waals surface area contributed by atoms with Crippen molar-refractivity contribution in [2.24, 2.45) is 5.92 Å². The molecule has 0 amide bonds. The summed E-state index contributed by atoms with van der Waals surface area (Å²) in [5.41, 5.74) is 0. The summed E-state index contributed by atoms with van der Waals surface area (Å²) in [6.45, 7) is 1.14. The molecule has 104 valence electrons. The highest BCUT2D eigenvalue weighted by Crippen LogP contribution is 2.35. The minimum Gasteiger partial charge on any atom is -0.486 e. The van der Waals surface area contributed by atoms with Crippen LogP contribution in [0.2, 0.25) is 0 Å². The van der Waals surface area contributed by atoms with E-state index in [0.717, 1.165) is 10.6 Å². The number of hydrogen-bond donors (Lipinski definition) is 1. The second-order valence-corrected chi connectivity index (χ2v) is 6.55. The largest absolute Gasteiger partial charge is 0.486 e. The average Bonchev–Trinajstić information content (AvgIpc) is 3.28. The zero-order valence-corrected chi connectivity index (χ0v) is 11.9. The molecule has 2 atom stereocenters. The summed E-state index contributed by atoms with van der Waals surface area (Å²) in [7, 11) is 0.958. The predicted octanol–water partition coefficient (Wildman–Crippen LogP) is 1.56. The van der Waals surface area contributed by atoms with Crippen LogP contribution in [-0.2, 0) is 10.8 Å². The monoisotopic (exact) mass is 281 g/mol. The van der Waals surface area contributed by atoms with Crippen LogP contribution in [0, 0.1) is 5.92 Å². The molecule has 0 saturated heterocycles. The number of nitrogens with one attached hydrogen (secondary N) is 1. The molecule has 2 aliphatic rings. The molecule has 1 heterocycles. The smallest absolute Gasteiger partial charge is 0.162 e. The molecule has 1 fully saturated rings. The summed E-state index contributed by atoms with van der Waals surface area (Å²) in [5, 5.41) is 3.28. The van der Waals surface area contributed by atoms with Gasteiger partial charge >= 0.3 is 0 Å². The van der Waals surface area contributed by atoms with Gasteiger partial charge in [-0.05, 0) is 37.9 Å². The van der Waals surface area contributed by atoms with Gasteiger partial charge < -0.3 is 14.8 Å². The van der Waals surface area contributed by atoms with Crippen molar-refractivity contribution in [3.63, 3.8) is 0 Å². The van der Waals surface area contributed by atoms with Crippen molar-refractivity contribution in [1.82, 2.24) is 5.32 Å². The lowest BCUT2D eigenvalue weighted by Crippen LogP contribution is -2.33. The maximum atomic E-state index is 12.4. The highest BCUT2D eigenvalue weighted by molar-refractivity contribution is 7.85. The zero-order chi connectivity index (χ0) is 13.2. The van der Waals surface area contributed by atoms with Gasteiger partial charge in [0.2, 0.25) is 0 Å². The fourth-order valence-corrected chi connectivity index (χ4v) is 3.79. The normalized spacial score (nSPS) is 20.9. The Kier molecular flexibility index (Phi) is 3.75. The summed E-state index contributed by atoms with van der Waals surface area (Å²) in [5.74, 6) is 2.83. The Balaban J connectivity index is 1.72. The second kappa shape index (κ2) is 5.51. The minimum atomic E-state index is -0.990. The van der Waals surface area contributed by atoms with E-state index in [4.69, 9.17) is 9.47 Å². The van der Waals surface area contributed by atoms with Crippen LogP contribution in [-0.4, -0.2) is 36.3 Å². The van der Waals surface area contributed by atoms with Crippen LogP contribution in [0.1, 0.15) is 12.8 Å². The number of rotatable bonds is 5. The van der Waals surface area contributed by atoms with Crippen LogP contribution in [0.3, 0.4) is 0 Å². The van der Waals surface area contributed by atoms with Crippen LogP contribution < -0.4 is 14.8 Å². The van der Waals surface area contributed by atoms with Crippen molar-refractivity contribution < 1.29 is 13.7 Å². The lowest BCUT2D eigenvalue weighted by atomic mass is 10.2. The molecular weight excluding hydrogens is 262 g/mol. The van der Waals surface area contributed by atoms with Gasteiger partial charge in [0.05, 0.1) is 10.8 Å². The topological polar surface area (TPSA) is 47.6 Å². The van der Waals surface area contributed by atoms with E-state index in [9.17, 15) is 4.21 Å². The Morgan fingerprint density at radius 1 is 1.32 bits per heavy atom. The number of fused-ring (bicyclic) bond motifs is 1. The van der Waals surface area contributed by atoms with Crippen LogP contribution in [0.25, 0.3) is 0 Å². The summed E-state index contributed by atoms with van der Waals surface area (Å²) < 4.78 is 23.4. The molecule has 1 aromatic rings. The molecule has 19 heavy (non-hydrogen) atoms. The molecule has 1 aliphatic heterocycles. The van der Waals surface area contributed by atoms with Crippen LogP contribution in [0.4, 0.5) is 0 Å². The van der Waals surface area contributed by atoms with Gasteiger partial charge in [-0.25, -0.2) is 0 Å². The quantitative estimate of drug-likeness (QED) is 0.890. The SMILES string of the molecule is CNC(CS(=O)c1ccc2c(c1)OCCO2)C1CC1. The zero-order valence-electron chi connectivity index (χ0n) is 11.1. The Bertz CT molecular complexity index is 488. The van der Waals surface area contributed by atoms with Crippen molar-refractivity contribution >= 4 is 10.8 Å². The number of hydrogen-bond acceptors (Lipinski definition) is 4. The average molecular weight is 281 g/mol. The van der Waals surface area contributed by atoms with Gasteiger partial charge in [-0.2, -0.15) is 0 Å². The molecule has 0 radical (unpaired) electrons. The Morgan fingerprint density at radius 3 is 2.74 bits per heavy atom. The lowest BCUT2D eigenvalue weighted by Gasteiger charge is -2.19. The molecule has 5 heteroatoms. The first-order valence-corrected chi connectivity index (χ1v) is 8.05. The molecule has 1 saturated carbocycles. The molecule has 1 aromatic carbocycles. The maximum absolute atomic E-state index is 12.4. The van der Waals surface area contributed by atoms with Crippen LogP contribution in [0.15, 0.2) is 23.1 Å². The van der Waals surface area contributed by atoms with E-state index in [2.05, 4.69) is 5.32 Å². The van der Waals surface area contributed by atoms with E-state index in [0.29, 0.717) is 36.7 Å². The van der Waals surface area contributed by atoms with Gasteiger partial charge in [0.1, 0.15) is 13.2 Å². The van der Waals surface area contributed by atoms with Crippen molar-refractivity contribution in [3.8, 4) is 11.5 Å². The molecule has 3 rings (SSSR count). The van der Waals surface area contributed by atoms with Gasteiger partial charge in [0, 0.05) is 22.8 Å². The first kappa shape index (κ1) is 12.9. The molecule has 1 N–H and O–H groups in total. The number of ether oxygens (including phenoxy) is 2. The van der Waals surface area contributed by atoms with Gasteiger partial charge in [0.15, 0.2) is 11.5 Å². The Morgan fingerprint density at radius 2 is 2.05 bits per heavy atom. The Labute approximate surface area is 115 Å². The van der Waals surface area contributed by atoms with E-state index in [1.165, 1.54) is 12.8 Å². The fourth-order valence-electron chi connectivity index (χ4n) is 2.38. The van der Waals surface area contributed by atoms with Crippen LogP contribution >= 0.6 is 0 Å². The predicted molar refractivity (Wildman–Crippen MR) is 74.3 cm³/mol. The summed E-state index contributed by atoms with van der Waals surface area (Å²) >= 11 is 0. The van der Waals surface area contributed by atoms with E-state index in [1.54, 1.807) is 0 Å². The van der Waals surface area contributed by atoms with E-state index >= 15 is 0 Å². The molecule has 0 bridgehead atoms. The van der Waals surface area contributed by atoms with E-state index < -0.39 is 10.8 Å². The van der Waals surface area contributed by atoms with Crippen molar-refractivity contribution in [1.29, 1.82) is 0 Å². The standard InChI is InChI=1S/C14H19NO3S/c1-15-12(10-2-3-10)9-19(16)11-4-5-13-14(8-11)18-7-6-17-13/h4-5,8,10,12,15H,2-3,6-7,9H2,1H3. The number of benzene rings is 1. The van der Waals surface area contributed by atoms with Gasteiger partial charge in [0.25, 0.3) is 0 Å². The van der Waals surface area contributed by atoms with Crippen molar-refractivity contribution in [2.75, 3.05) is 26.0 Å². The maximum Gasteiger partial charge on any atom is 0.162 e. The third kappa shape index (κ3) is 2.92. The minimum absolute atomic E-state index is 0.356. The summed E-state index contributed by atoms with van der Waals surface area (Å²) in [4.78, 5) is 0.824. The molecule has 2 unspecified atom stereocenters. The highest BCUT2D eigenvalue weighted by atomic mass is 32.2. The molecule has 0 aromatic heterocycles. The van der Waals surface area contributed by atoms with Crippen LogP contribution in [0.5, 0.6) is 11.5 Å². The summed E-state index contributed by atoms with van der Waals surface area (Å²) in [6.07, 6.45) is 2.51. The fraction of sp³-hybridized carbons (Fsp3) is 0.571. The second-order valence-electron chi connectivity index (χ2n) is 5.05. The molecule has 1 aliphatic carbocycles. The Hall–Kier alpha value is -1.07. The van der Waals surface area contributed by atoms with Crippen molar-refractivity contribution in [2.45, 2.75) is 23.8 Å².